The van der Waals surface area contributed by atoms with Crippen molar-refractivity contribution in [3.8, 4) is 0 Å². The summed E-state index contributed by atoms with van der Waals surface area (Å²) in [7, 11) is 0. The Kier molecular flexibility index (Phi) is 4.79. The minimum atomic E-state index is 0.530. The molecule has 23 heavy (non-hydrogen) atoms. The monoisotopic (exact) mass is 388 g/mol. The van der Waals surface area contributed by atoms with Gasteiger partial charge in [0.2, 0.25) is 5.95 Å². The fraction of sp³-hybridized carbons (Fsp3) is 0.0588. The minimum Gasteiger partial charge on any atom is -0.340 e. The Morgan fingerprint density at radius 3 is 2.70 bits per heavy atom. The molecule has 6 heteroatoms. The summed E-state index contributed by atoms with van der Waals surface area (Å²) in [6, 6.07) is 15.3. The zero-order chi connectivity index (χ0) is 16.2. The highest BCUT2D eigenvalue weighted by Crippen LogP contribution is 2.23. The third kappa shape index (κ3) is 4.21. The van der Waals surface area contributed by atoms with E-state index >= 15 is 0 Å². The number of nitrogens with one attached hydrogen (secondary N) is 2. The number of rotatable bonds is 4. The van der Waals surface area contributed by atoms with Crippen LogP contribution in [0, 0.1) is 6.92 Å². The van der Waals surface area contributed by atoms with E-state index in [0.717, 1.165) is 21.4 Å². The zero-order valence-corrected chi connectivity index (χ0v) is 14.7. The lowest BCUT2D eigenvalue weighted by Gasteiger charge is -2.10. The van der Waals surface area contributed by atoms with Crippen LogP contribution in [0.15, 0.2) is 59.2 Å². The molecule has 0 aliphatic rings. The molecule has 1 aromatic heterocycles. The predicted octanol–water partition coefficient (Wildman–Crippen LogP) is 5.69. The smallest absolute Gasteiger partial charge is 0.229 e. The first kappa shape index (κ1) is 15.8. The van der Waals surface area contributed by atoms with Crippen molar-refractivity contribution in [1.29, 1.82) is 0 Å². The van der Waals surface area contributed by atoms with Crippen LogP contribution in [-0.4, -0.2) is 9.97 Å². The quantitative estimate of drug-likeness (QED) is 0.602. The normalized spacial score (nSPS) is 10.4. The summed E-state index contributed by atoms with van der Waals surface area (Å²) in [6.07, 6.45) is 1.70. The van der Waals surface area contributed by atoms with E-state index in [1.165, 1.54) is 0 Å². The van der Waals surface area contributed by atoms with Crippen LogP contribution in [-0.2, 0) is 0 Å². The van der Waals surface area contributed by atoms with Crippen LogP contribution in [0.25, 0.3) is 0 Å². The van der Waals surface area contributed by atoms with Crippen LogP contribution in [0.3, 0.4) is 0 Å². The second-order valence-corrected chi connectivity index (χ2v) is 6.34. The molecule has 4 nitrogen and oxygen atoms in total. The van der Waals surface area contributed by atoms with Gasteiger partial charge >= 0.3 is 0 Å². The molecule has 0 bridgehead atoms. The SMILES string of the molecule is Cc1cc(Br)ccc1Nc1nccc(Nc2cccc(Cl)c2)n1. The van der Waals surface area contributed by atoms with Gasteiger partial charge in [-0.05, 0) is 55.0 Å². The number of hydrogen-bond acceptors (Lipinski definition) is 4. The van der Waals surface area contributed by atoms with E-state index in [9.17, 15) is 0 Å². The fourth-order valence-electron chi connectivity index (χ4n) is 2.09. The van der Waals surface area contributed by atoms with Gasteiger partial charge in [0.25, 0.3) is 0 Å². The minimum absolute atomic E-state index is 0.530. The van der Waals surface area contributed by atoms with Gasteiger partial charge in [-0.1, -0.05) is 33.6 Å². The maximum absolute atomic E-state index is 5.99. The number of benzene rings is 2. The average molecular weight is 390 g/mol. The second-order valence-electron chi connectivity index (χ2n) is 4.99. The Balaban J connectivity index is 1.79. The van der Waals surface area contributed by atoms with Crippen molar-refractivity contribution < 1.29 is 0 Å². The summed E-state index contributed by atoms with van der Waals surface area (Å²) in [5, 5.41) is 7.11. The summed E-state index contributed by atoms with van der Waals surface area (Å²) in [5.41, 5.74) is 2.95. The molecule has 0 radical (unpaired) electrons. The standard InChI is InChI=1S/C17H14BrClN4/c1-11-9-12(18)5-6-15(11)22-17-20-8-7-16(23-17)21-14-4-2-3-13(19)10-14/h2-10H,1H3,(H2,20,21,22,23). The average Bonchev–Trinajstić information content (AvgIpc) is 2.51. The van der Waals surface area contributed by atoms with Gasteiger partial charge in [0, 0.05) is 27.1 Å². The Bertz CT molecular complexity index is 838. The van der Waals surface area contributed by atoms with E-state index in [1.807, 2.05) is 49.4 Å². The number of aromatic nitrogens is 2. The number of nitrogens with zero attached hydrogens (tertiary/aromatic N) is 2. The molecule has 0 amide bonds. The molecular formula is C17H14BrClN4. The van der Waals surface area contributed by atoms with E-state index in [0.29, 0.717) is 16.8 Å². The third-order valence-electron chi connectivity index (χ3n) is 3.19. The molecule has 2 aromatic carbocycles. The van der Waals surface area contributed by atoms with Crippen molar-refractivity contribution in [1.82, 2.24) is 9.97 Å². The Morgan fingerprint density at radius 1 is 1.04 bits per heavy atom. The first-order chi connectivity index (χ1) is 11.1. The van der Waals surface area contributed by atoms with Gasteiger partial charge in [-0.2, -0.15) is 4.98 Å². The highest BCUT2D eigenvalue weighted by atomic mass is 79.9. The first-order valence-corrected chi connectivity index (χ1v) is 8.16. The first-order valence-electron chi connectivity index (χ1n) is 6.99. The molecule has 0 aliphatic carbocycles. The highest BCUT2D eigenvalue weighted by molar-refractivity contribution is 9.10. The van der Waals surface area contributed by atoms with Crippen LogP contribution >= 0.6 is 27.5 Å². The summed E-state index contributed by atoms with van der Waals surface area (Å²) in [4.78, 5) is 8.73. The molecule has 3 aromatic rings. The van der Waals surface area contributed by atoms with Crippen molar-refractivity contribution in [3.63, 3.8) is 0 Å². The lowest BCUT2D eigenvalue weighted by atomic mass is 10.2. The van der Waals surface area contributed by atoms with Crippen LogP contribution < -0.4 is 10.6 Å². The van der Waals surface area contributed by atoms with E-state index in [4.69, 9.17) is 11.6 Å². The summed E-state index contributed by atoms with van der Waals surface area (Å²) in [6.45, 7) is 2.03. The van der Waals surface area contributed by atoms with Gasteiger partial charge in [0.15, 0.2) is 0 Å². The summed E-state index contributed by atoms with van der Waals surface area (Å²) in [5.74, 6) is 1.22. The van der Waals surface area contributed by atoms with Crippen molar-refractivity contribution in [2.24, 2.45) is 0 Å². The Labute approximate surface area is 148 Å². The molecule has 0 saturated carbocycles. The van der Waals surface area contributed by atoms with Gasteiger partial charge < -0.3 is 10.6 Å². The molecule has 0 aliphatic heterocycles. The van der Waals surface area contributed by atoms with Crippen molar-refractivity contribution >= 4 is 50.7 Å². The Morgan fingerprint density at radius 2 is 1.91 bits per heavy atom. The largest absolute Gasteiger partial charge is 0.340 e. The van der Waals surface area contributed by atoms with Gasteiger partial charge in [0.05, 0.1) is 0 Å². The molecule has 0 fully saturated rings. The topological polar surface area (TPSA) is 49.8 Å². The van der Waals surface area contributed by atoms with E-state index in [-0.39, 0.29) is 0 Å². The molecule has 116 valence electrons. The molecule has 1 heterocycles. The zero-order valence-electron chi connectivity index (χ0n) is 12.3. The third-order valence-corrected chi connectivity index (χ3v) is 3.92. The van der Waals surface area contributed by atoms with Crippen LogP contribution in [0.4, 0.5) is 23.1 Å². The maximum Gasteiger partial charge on any atom is 0.229 e. The summed E-state index contributed by atoms with van der Waals surface area (Å²) >= 11 is 9.45. The maximum atomic E-state index is 5.99. The molecule has 0 spiro atoms. The van der Waals surface area contributed by atoms with Gasteiger partial charge in [-0.25, -0.2) is 4.98 Å². The molecule has 0 atom stereocenters. The number of anilines is 4. The molecule has 3 rings (SSSR count). The highest BCUT2D eigenvalue weighted by Gasteiger charge is 2.04. The van der Waals surface area contributed by atoms with Crippen molar-refractivity contribution in [3.05, 3.63) is 69.8 Å². The van der Waals surface area contributed by atoms with E-state index < -0.39 is 0 Å². The number of halogens is 2. The van der Waals surface area contributed by atoms with Crippen molar-refractivity contribution in [2.45, 2.75) is 6.92 Å². The molecule has 0 saturated heterocycles. The van der Waals surface area contributed by atoms with E-state index in [1.54, 1.807) is 12.3 Å². The van der Waals surface area contributed by atoms with Crippen molar-refractivity contribution in [2.75, 3.05) is 10.6 Å². The van der Waals surface area contributed by atoms with Gasteiger partial charge in [0.1, 0.15) is 5.82 Å². The lowest BCUT2D eigenvalue weighted by Crippen LogP contribution is -2.01. The van der Waals surface area contributed by atoms with Crippen LogP contribution in [0.2, 0.25) is 5.02 Å². The lowest BCUT2D eigenvalue weighted by molar-refractivity contribution is 1.16. The van der Waals surface area contributed by atoms with Gasteiger partial charge in [-0.3, -0.25) is 0 Å². The van der Waals surface area contributed by atoms with E-state index in [2.05, 4.69) is 36.5 Å². The predicted molar refractivity (Wildman–Crippen MR) is 98.9 cm³/mol. The molecular weight excluding hydrogens is 376 g/mol. The fourth-order valence-corrected chi connectivity index (χ4v) is 2.76. The Hall–Kier alpha value is -2.11. The second kappa shape index (κ2) is 6.98. The molecule has 2 N–H and O–H groups in total. The summed E-state index contributed by atoms with van der Waals surface area (Å²) < 4.78 is 1.04. The molecule has 0 unspecified atom stereocenters. The van der Waals surface area contributed by atoms with Crippen LogP contribution in [0.5, 0.6) is 0 Å². The number of aryl methyl sites for hydroxylation is 1. The van der Waals surface area contributed by atoms with Gasteiger partial charge in [-0.15, -0.1) is 0 Å². The number of hydrogen-bond donors (Lipinski definition) is 2. The van der Waals surface area contributed by atoms with Crippen LogP contribution in [0.1, 0.15) is 5.56 Å².